The maximum atomic E-state index is 10.6. The molecule has 2 atom stereocenters. The number of nitrogens with zero attached hydrogens (tertiary/aromatic N) is 1. The van der Waals surface area contributed by atoms with Gasteiger partial charge in [0, 0.05) is 18.7 Å². The zero-order chi connectivity index (χ0) is 21.9. The Labute approximate surface area is 187 Å². The highest BCUT2D eigenvalue weighted by Crippen LogP contribution is 2.22. The van der Waals surface area contributed by atoms with Crippen LogP contribution in [0.25, 0.3) is 0 Å². The van der Waals surface area contributed by atoms with Crippen molar-refractivity contribution in [2.24, 2.45) is 5.92 Å². The quantitative estimate of drug-likeness (QED) is 0.382. The molecule has 1 saturated carbocycles. The van der Waals surface area contributed by atoms with Crippen molar-refractivity contribution >= 4 is 0 Å². The van der Waals surface area contributed by atoms with Gasteiger partial charge in [-0.25, -0.2) is 0 Å². The maximum Gasteiger partial charge on any atom is 0.126 e. The lowest BCUT2D eigenvalue weighted by Crippen LogP contribution is -3.12. The van der Waals surface area contributed by atoms with Crippen LogP contribution in [0.3, 0.4) is 0 Å². The second-order valence-corrected chi connectivity index (χ2v) is 8.80. The first-order chi connectivity index (χ1) is 15.2. The number of methoxy groups -OCH3 is 1. The lowest BCUT2D eigenvalue weighted by molar-refractivity contribution is -0.920. The van der Waals surface area contributed by atoms with Crippen LogP contribution in [0.5, 0.6) is 5.75 Å². The Bertz CT molecular complexity index is 782. The van der Waals surface area contributed by atoms with Crippen molar-refractivity contribution in [2.45, 2.75) is 51.3 Å². The second kappa shape index (κ2) is 12.7. The van der Waals surface area contributed by atoms with Crippen LogP contribution in [0.1, 0.15) is 43.4 Å². The first kappa shape index (κ1) is 23.6. The molecular weight excluding hydrogens is 388 g/mol. The van der Waals surface area contributed by atoms with E-state index in [9.17, 15) is 5.11 Å². The van der Waals surface area contributed by atoms with Gasteiger partial charge in [0.1, 0.15) is 24.9 Å². The van der Waals surface area contributed by atoms with Gasteiger partial charge in [0.05, 0.1) is 32.6 Å². The Morgan fingerprint density at radius 1 is 1.23 bits per heavy atom. The number of benzene rings is 1. The minimum absolute atomic E-state index is 0.366. The van der Waals surface area contributed by atoms with Gasteiger partial charge in [0.2, 0.25) is 0 Å². The van der Waals surface area contributed by atoms with Gasteiger partial charge in [-0.2, -0.15) is 0 Å². The van der Waals surface area contributed by atoms with Crippen LogP contribution in [-0.2, 0) is 17.8 Å². The van der Waals surface area contributed by atoms with E-state index in [1.165, 1.54) is 48.3 Å². The summed E-state index contributed by atoms with van der Waals surface area (Å²) in [5.74, 6) is 1.64. The summed E-state index contributed by atoms with van der Waals surface area (Å²) in [7, 11) is 1.71. The predicted molar refractivity (Wildman–Crippen MR) is 125 cm³/mol. The van der Waals surface area contributed by atoms with E-state index in [1.807, 2.05) is 12.1 Å². The van der Waals surface area contributed by atoms with E-state index in [-0.39, 0.29) is 0 Å². The monoisotopic (exact) mass is 427 g/mol. The molecule has 1 aromatic heterocycles. The fourth-order valence-corrected chi connectivity index (χ4v) is 4.69. The summed E-state index contributed by atoms with van der Waals surface area (Å²) in [5.41, 5.74) is 2.52. The van der Waals surface area contributed by atoms with Gasteiger partial charge in [-0.1, -0.05) is 37.5 Å². The van der Waals surface area contributed by atoms with Crippen LogP contribution in [0.4, 0.5) is 0 Å². The van der Waals surface area contributed by atoms with E-state index < -0.39 is 6.10 Å². The maximum absolute atomic E-state index is 10.6. The molecule has 0 bridgehead atoms. The number of rotatable bonds is 13. The first-order valence-electron chi connectivity index (χ1n) is 11.6. The van der Waals surface area contributed by atoms with E-state index in [0.717, 1.165) is 31.3 Å². The fraction of sp³-hybridized carbons (Fsp3) is 0.538. The Kier molecular flexibility index (Phi) is 9.66. The average molecular weight is 428 g/mol. The summed E-state index contributed by atoms with van der Waals surface area (Å²) >= 11 is 0. The Balaban J connectivity index is 1.66. The number of hydrogen-bond acceptors (Lipinski definition) is 3. The first-order valence-corrected chi connectivity index (χ1v) is 11.6. The van der Waals surface area contributed by atoms with E-state index in [4.69, 9.17) is 9.47 Å². The molecule has 5 nitrogen and oxygen atoms in total. The van der Waals surface area contributed by atoms with Gasteiger partial charge < -0.3 is 24.0 Å². The van der Waals surface area contributed by atoms with Gasteiger partial charge >= 0.3 is 0 Å². The molecule has 0 saturated heterocycles. The van der Waals surface area contributed by atoms with Gasteiger partial charge in [-0.3, -0.25) is 0 Å². The van der Waals surface area contributed by atoms with E-state index >= 15 is 0 Å². The minimum Gasteiger partial charge on any atom is -0.497 e. The number of aromatic nitrogens is 1. The van der Waals surface area contributed by atoms with Gasteiger partial charge in [0.25, 0.3) is 0 Å². The summed E-state index contributed by atoms with van der Waals surface area (Å²) in [4.78, 5) is 1.44. The Hall–Kier alpha value is -2.08. The van der Waals surface area contributed by atoms with E-state index in [0.29, 0.717) is 19.8 Å². The molecule has 1 fully saturated rings. The number of nitrogens with one attached hydrogen (secondary N) is 1. The minimum atomic E-state index is -0.458. The van der Waals surface area contributed by atoms with Crippen LogP contribution >= 0.6 is 0 Å². The molecule has 5 heteroatoms. The van der Waals surface area contributed by atoms with Crippen LogP contribution in [0.15, 0.2) is 55.3 Å². The number of aliphatic hydroxyl groups is 1. The Morgan fingerprint density at radius 3 is 2.84 bits per heavy atom. The molecule has 1 heterocycles. The SMILES string of the molecule is C=CCOC[C@H](O)C[NH+](Cc1cccn1Cc1cccc(OC)c1)CC1CCCCC1. The van der Waals surface area contributed by atoms with Crippen LogP contribution in [0.2, 0.25) is 0 Å². The van der Waals surface area contributed by atoms with Crippen LogP contribution in [0, 0.1) is 5.92 Å². The summed E-state index contributed by atoms with van der Waals surface area (Å²) in [5, 5.41) is 10.6. The van der Waals surface area contributed by atoms with Crippen molar-refractivity contribution in [2.75, 3.05) is 33.4 Å². The van der Waals surface area contributed by atoms with Gasteiger partial charge in [0.15, 0.2) is 0 Å². The zero-order valence-corrected chi connectivity index (χ0v) is 19.0. The molecule has 31 heavy (non-hydrogen) atoms. The third-order valence-corrected chi connectivity index (χ3v) is 6.21. The molecule has 0 aliphatic heterocycles. The van der Waals surface area contributed by atoms with Crippen molar-refractivity contribution in [3.63, 3.8) is 0 Å². The molecule has 0 spiro atoms. The highest BCUT2D eigenvalue weighted by Gasteiger charge is 2.23. The molecule has 0 amide bonds. The molecule has 1 aromatic carbocycles. The number of quaternary nitrogens is 1. The molecule has 170 valence electrons. The molecule has 0 radical (unpaired) electrons. The van der Waals surface area contributed by atoms with Crippen molar-refractivity contribution in [3.05, 3.63) is 66.5 Å². The molecule has 1 unspecified atom stereocenters. The molecular formula is C26H39N2O3+. The molecule has 1 aliphatic carbocycles. The normalized spacial score (nSPS) is 16.7. The van der Waals surface area contributed by atoms with Gasteiger partial charge in [-0.05, 0) is 42.7 Å². The Morgan fingerprint density at radius 2 is 2.06 bits per heavy atom. The standard InChI is InChI=1S/C26H38N2O3/c1-3-15-31-21-25(29)20-27(17-22-9-5-4-6-10-22)19-24-12-8-14-28(24)18-23-11-7-13-26(16-23)30-2/h3,7-8,11-14,16,22,25,29H,1,4-6,9-10,15,17-21H2,2H3/p+1/t25-/m1/s1. The third-order valence-electron chi connectivity index (χ3n) is 6.21. The molecule has 1 aliphatic rings. The second-order valence-electron chi connectivity index (χ2n) is 8.80. The highest BCUT2D eigenvalue weighted by molar-refractivity contribution is 5.29. The van der Waals surface area contributed by atoms with E-state index in [2.05, 4.69) is 41.6 Å². The molecule has 2 aromatic rings. The number of hydrogen-bond donors (Lipinski definition) is 2. The number of ether oxygens (including phenoxy) is 2. The van der Waals surface area contributed by atoms with Crippen LogP contribution in [-0.4, -0.2) is 49.2 Å². The fourth-order valence-electron chi connectivity index (χ4n) is 4.69. The summed E-state index contributed by atoms with van der Waals surface area (Å²) in [6.07, 6.45) is 10.1. The average Bonchev–Trinajstić information content (AvgIpc) is 3.21. The van der Waals surface area contributed by atoms with E-state index in [1.54, 1.807) is 13.2 Å². The highest BCUT2D eigenvalue weighted by atomic mass is 16.5. The smallest absolute Gasteiger partial charge is 0.126 e. The zero-order valence-electron chi connectivity index (χ0n) is 19.0. The van der Waals surface area contributed by atoms with Crippen molar-refractivity contribution in [1.29, 1.82) is 0 Å². The summed E-state index contributed by atoms with van der Waals surface area (Å²) < 4.78 is 13.2. The largest absolute Gasteiger partial charge is 0.497 e. The summed E-state index contributed by atoms with van der Waals surface area (Å²) in [6.45, 7) is 8.08. The third kappa shape index (κ3) is 7.84. The predicted octanol–water partition coefficient (Wildman–Crippen LogP) is 3.07. The topological polar surface area (TPSA) is 48.1 Å². The lowest BCUT2D eigenvalue weighted by Gasteiger charge is -2.29. The molecule has 3 rings (SSSR count). The lowest BCUT2D eigenvalue weighted by atomic mass is 9.89. The van der Waals surface area contributed by atoms with Crippen molar-refractivity contribution in [3.8, 4) is 5.75 Å². The number of aliphatic hydroxyl groups excluding tert-OH is 1. The van der Waals surface area contributed by atoms with Crippen LogP contribution < -0.4 is 9.64 Å². The van der Waals surface area contributed by atoms with Crippen molar-refractivity contribution in [1.82, 2.24) is 4.57 Å². The molecule has 2 N–H and O–H groups in total. The summed E-state index contributed by atoms with van der Waals surface area (Å²) in [6, 6.07) is 12.6. The van der Waals surface area contributed by atoms with Gasteiger partial charge in [-0.15, -0.1) is 6.58 Å². The van der Waals surface area contributed by atoms with Crippen molar-refractivity contribution < 1.29 is 19.5 Å².